The van der Waals surface area contributed by atoms with E-state index >= 15 is 0 Å². The smallest absolute Gasteiger partial charge is 0.361 e. The van der Waals surface area contributed by atoms with Crippen LogP contribution in [0.25, 0.3) is 0 Å². The monoisotopic (exact) mass is 881 g/mol. The first-order valence-electron chi connectivity index (χ1n) is 24.4. The van der Waals surface area contributed by atoms with Gasteiger partial charge in [0, 0.05) is 12.8 Å². The highest BCUT2D eigenvalue weighted by molar-refractivity contribution is 5.71. The summed E-state index contributed by atoms with van der Waals surface area (Å²) in [6.07, 6.45) is 56.1. The number of carboxylic acid groups (broad SMARTS) is 1. The fraction of sp³-hybridized carbons (Fsp3) is 0.648. The van der Waals surface area contributed by atoms with Crippen LogP contribution in [-0.2, 0) is 33.3 Å². The number of rotatable bonds is 43. The molecule has 0 saturated carbocycles. The predicted molar refractivity (Wildman–Crippen MR) is 262 cm³/mol. The summed E-state index contributed by atoms with van der Waals surface area (Å²) in [7, 11) is 5.94. The summed E-state index contributed by atoms with van der Waals surface area (Å²) in [4.78, 5) is 37.2. The maximum atomic E-state index is 12.8. The molecular weight excluding hydrogens is 791 g/mol. The average Bonchev–Trinajstić information content (AvgIpc) is 3.24. The highest BCUT2D eigenvalue weighted by atomic mass is 16.7. The fourth-order valence-corrected chi connectivity index (χ4v) is 6.11. The first-order chi connectivity index (χ1) is 30.6. The largest absolute Gasteiger partial charge is 0.477 e. The molecule has 0 aliphatic heterocycles. The molecule has 9 nitrogen and oxygen atoms in total. The van der Waals surface area contributed by atoms with Crippen molar-refractivity contribution in [2.24, 2.45) is 0 Å². The number of aliphatic carboxylic acids is 1. The van der Waals surface area contributed by atoms with Gasteiger partial charge in [0.1, 0.15) is 13.2 Å². The molecule has 2 unspecified atom stereocenters. The number of unbranched alkanes of at least 4 members (excludes halogenated alkanes) is 12. The van der Waals surface area contributed by atoms with Gasteiger partial charge in [-0.25, -0.2) is 4.79 Å². The van der Waals surface area contributed by atoms with Crippen LogP contribution in [0.3, 0.4) is 0 Å². The predicted octanol–water partition coefficient (Wildman–Crippen LogP) is 13.4. The maximum Gasteiger partial charge on any atom is 0.361 e. The van der Waals surface area contributed by atoms with E-state index in [1.165, 1.54) is 19.3 Å². The lowest BCUT2D eigenvalue weighted by Crippen LogP contribution is -2.40. The lowest BCUT2D eigenvalue weighted by atomic mass is 10.1. The third-order valence-electron chi connectivity index (χ3n) is 9.84. The normalized spacial score (nSPS) is 13.7. The summed E-state index contributed by atoms with van der Waals surface area (Å²) in [6, 6.07) is 0. The number of nitrogens with zero attached hydrogens (tertiary/aromatic N) is 1. The highest BCUT2D eigenvalue weighted by Crippen LogP contribution is 2.13. The van der Waals surface area contributed by atoms with Crippen molar-refractivity contribution in [3.8, 4) is 0 Å². The molecule has 0 spiro atoms. The van der Waals surface area contributed by atoms with Crippen LogP contribution in [0.5, 0.6) is 0 Å². The molecule has 0 bridgehead atoms. The molecule has 0 aromatic heterocycles. The number of quaternary nitrogens is 1. The van der Waals surface area contributed by atoms with E-state index in [0.717, 1.165) is 116 Å². The molecule has 0 aliphatic carbocycles. The van der Waals surface area contributed by atoms with Gasteiger partial charge in [0.05, 0.1) is 34.4 Å². The minimum atomic E-state index is -1.52. The summed E-state index contributed by atoms with van der Waals surface area (Å²) < 4.78 is 22.7. The second-order valence-electron chi connectivity index (χ2n) is 17.0. The standard InChI is InChI=1S/C54H89NO8/c1-6-8-10-12-14-16-18-20-22-23-24-25-26-27-28-29-31-33-35-37-39-41-43-45-52(57)63-50(49-62-54(53(58)59)60-47-46-55(3,4)5)48-61-51(56)44-42-40-38-36-34-32-30-21-19-17-15-13-11-9-7-2/h8-11,14-17,20-22,24-25,27-28,30,50,54H,6-7,12-13,18-19,23,26,29,31-49H2,1-5H3/p+1/b10-8-,11-9-,16-14-,17-15-,22-20-,25-24-,28-27-,30-21-. The minimum Gasteiger partial charge on any atom is -0.477 e. The molecule has 0 heterocycles. The van der Waals surface area contributed by atoms with Crippen LogP contribution < -0.4 is 0 Å². The number of hydrogen-bond donors (Lipinski definition) is 1. The minimum absolute atomic E-state index is 0.177. The van der Waals surface area contributed by atoms with Gasteiger partial charge in [-0.15, -0.1) is 0 Å². The Kier molecular flexibility index (Phi) is 42.1. The Morgan fingerprint density at radius 3 is 1.27 bits per heavy atom. The van der Waals surface area contributed by atoms with Gasteiger partial charge in [-0.2, -0.15) is 0 Å². The van der Waals surface area contributed by atoms with Crippen molar-refractivity contribution >= 4 is 17.9 Å². The Bertz CT molecular complexity index is 1350. The van der Waals surface area contributed by atoms with Crippen LogP contribution in [-0.4, -0.2) is 87.4 Å². The number of hydrogen-bond acceptors (Lipinski definition) is 7. The Labute approximate surface area is 384 Å². The van der Waals surface area contributed by atoms with Gasteiger partial charge >= 0.3 is 17.9 Å². The van der Waals surface area contributed by atoms with E-state index in [-0.39, 0.29) is 38.6 Å². The molecule has 0 aliphatic rings. The molecular formula is C54H90NO8+. The summed E-state index contributed by atoms with van der Waals surface area (Å²) >= 11 is 0. The lowest BCUT2D eigenvalue weighted by Gasteiger charge is -2.25. The molecule has 358 valence electrons. The van der Waals surface area contributed by atoms with E-state index in [0.29, 0.717) is 17.4 Å². The quantitative estimate of drug-likeness (QED) is 0.0212. The number of carbonyl (C=O) groups excluding carboxylic acids is 2. The second kappa shape index (κ2) is 44.8. The molecule has 0 fully saturated rings. The van der Waals surface area contributed by atoms with Crippen molar-refractivity contribution in [2.45, 2.75) is 180 Å². The summed E-state index contributed by atoms with van der Waals surface area (Å²) in [5.41, 5.74) is 0. The van der Waals surface area contributed by atoms with Gasteiger partial charge in [0.2, 0.25) is 0 Å². The van der Waals surface area contributed by atoms with Crippen LogP contribution in [0.1, 0.15) is 168 Å². The van der Waals surface area contributed by atoms with E-state index in [1.807, 2.05) is 21.1 Å². The topological polar surface area (TPSA) is 108 Å². The van der Waals surface area contributed by atoms with Crippen LogP contribution in [0.4, 0.5) is 0 Å². The van der Waals surface area contributed by atoms with Gasteiger partial charge in [-0.3, -0.25) is 9.59 Å². The van der Waals surface area contributed by atoms with Gasteiger partial charge in [-0.05, 0) is 89.9 Å². The van der Waals surface area contributed by atoms with Crippen molar-refractivity contribution in [1.82, 2.24) is 0 Å². The summed E-state index contributed by atoms with van der Waals surface area (Å²) in [6.45, 7) is 4.59. The Balaban J connectivity index is 4.43. The first kappa shape index (κ1) is 59.2. The number of carboxylic acids is 1. The van der Waals surface area contributed by atoms with E-state index in [9.17, 15) is 19.5 Å². The van der Waals surface area contributed by atoms with Gasteiger partial charge in [0.15, 0.2) is 6.10 Å². The van der Waals surface area contributed by atoms with E-state index < -0.39 is 24.3 Å². The average molecular weight is 881 g/mol. The van der Waals surface area contributed by atoms with E-state index in [2.05, 4.69) is 111 Å². The molecule has 0 amide bonds. The number of likely N-dealkylation sites (N-methyl/N-ethyl adjacent to an activating group) is 1. The third kappa shape index (κ3) is 46.0. The van der Waals surface area contributed by atoms with E-state index in [4.69, 9.17) is 18.9 Å². The van der Waals surface area contributed by atoms with Crippen molar-refractivity contribution in [2.75, 3.05) is 47.5 Å². The van der Waals surface area contributed by atoms with Crippen molar-refractivity contribution in [3.05, 3.63) is 97.2 Å². The van der Waals surface area contributed by atoms with Gasteiger partial charge < -0.3 is 28.5 Å². The lowest BCUT2D eigenvalue weighted by molar-refractivity contribution is -0.870. The number of carbonyl (C=O) groups is 3. The summed E-state index contributed by atoms with van der Waals surface area (Å²) in [5, 5.41) is 9.66. The van der Waals surface area contributed by atoms with Crippen LogP contribution in [0.15, 0.2) is 97.2 Å². The second-order valence-corrected chi connectivity index (χ2v) is 17.0. The van der Waals surface area contributed by atoms with Crippen molar-refractivity contribution in [1.29, 1.82) is 0 Å². The fourth-order valence-electron chi connectivity index (χ4n) is 6.11. The number of allylic oxidation sites excluding steroid dienone is 16. The zero-order valence-corrected chi connectivity index (χ0v) is 40.4. The highest BCUT2D eigenvalue weighted by Gasteiger charge is 2.25. The maximum absolute atomic E-state index is 12.8. The van der Waals surface area contributed by atoms with Gasteiger partial charge in [0.25, 0.3) is 6.29 Å². The Morgan fingerprint density at radius 2 is 0.857 bits per heavy atom. The first-order valence-corrected chi connectivity index (χ1v) is 24.4. The van der Waals surface area contributed by atoms with Crippen molar-refractivity contribution in [3.63, 3.8) is 0 Å². The van der Waals surface area contributed by atoms with Crippen LogP contribution >= 0.6 is 0 Å². The Morgan fingerprint density at radius 1 is 0.476 bits per heavy atom. The van der Waals surface area contributed by atoms with Crippen molar-refractivity contribution < 1.29 is 42.9 Å². The molecule has 9 heteroatoms. The molecule has 0 radical (unpaired) electrons. The zero-order chi connectivity index (χ0) is 46.3. The molecule has 0 aromatic carbocycles. The number of esters is 2. The molecule has 0 saturated heterocycles. The number of ether oxygens (including phenoxy) is 4. The molecule has 1 N–H and O–H groups in total. The van der Waals surface area contributed by atoms with Crippen LogP contribution in [0, 0.1) is 0 Å². The third-order valence-corrected chi connectivity index (χ3v) is 9.84. The van der Waals surface area contributed by atoms with E-state index in [1.54, 1.807) is 0 Å². The van der Waals surface area contributed by atoms with Crippen LogP contribution in [0.2, 0.25) is 0 Å². The molecule has 63 heavy (non-hydrogen) atoms. The van der Waals surface area contributed by atoms with Gasteiger partial charge in [-0.1, -0.05) is 162 Å². The zero-order valence-electron chi connectivity index (χ0n) is 40.4. The molecule has 0 aromatic rings. The Hall–Kier alpha value is -3.79. The molecule has 2 atom stereocenters. The summed E-state index contributed by atoms with van der Waals surface area (Å²) in [5.74, 6) is -2.06. The molecule has 0 rings (SSSR count). The SMILES string of the molecule is CC/C=C\C/C=C\C/C=C\C/C=C\C/C=C\CCCCCCCCCC(=O)OC(COC(=O)CCCCCCC/C=C\C/C=C\C/C=C\CC)COC(OCC[N+](C)(C)C)C(=O)O.